The third-order valence-corrected chi connectivity index (χ3v) is 5.11. The van der Waals surface area contributed by atoms with Crippen molar-refractivity contribution in [1.29, 1.82) is 0 Å². The first kappa shape index (κ1) is 28.2. The fourth-order valence-corrected chi connectivity index (χ4v) is 3.75. The number of nitrogens with one attached hydrogen (secondary N) is 1. The highest BCUT2D eigenvalue weighted by molar-refractivity contribution is 7.59. The zero-order valence-electron chi connectivity index (χ0n) is 16.8. The summed E-state index contributed by atoms with van der Waals surface area (Å²) in [4.78, 5) is 39.5. The largest absolute Gasteiger partial charge is 0.368 e. The Morgan fingerprint density at radius 2 is 1.90 bits per heavy atom. The summed E-state index contributed by atoms with van der Waals surface area (Å²) < 4.78 is 5.46. The van der Waals surface area contributed by atoms with Gasteiger partial charge < -0.3 is 15.0 Å². The SMILES string of the molecule is C.C=Cc1ccc(C(=O)N[C@@H](CC(C)C)C(=O)N2CC[C@H]3OCC(=O)[C@H]32)cc1.S.S. The zero-order valence-corrected chi connectivity index (χ0v) is 18.8. The Morgan fingerprint density at radius 3 is 2.47 bits per heavy atom. The zero-order chi connectivity index (χ0) is 19.6. The van der Waals surface area contributed by atoms with Crippen LogP contribution in [0.1, 0.15) is 50.0 Å². The molecule has 8 heteroatoms. The predicted octanol–water partition coefficient (Wildman–Crippen LogP) is 2.90. The Balaban J connectivity index is 0.00000280. The highest BCUT2D eigenvalue weighted by Gasteiger charge is 2.48. The average Bonchev–Trinajstić information content (AvgIpc) is 3.23. The first-order valence-corrected chi connectivity index (χ1v) is 9.39. The number of ether oxygens (including phenoxy) is 1. The van der Waals surface area contributed by atoms with Crippen LogP contribution in [0.4, 0.5) is 0 Å². The van der Waals surface area contributed by atoms with Gasteiger partial charge in [0, 0.05) is 12.1 Å². The molecule has 2 fully saturated rings. The lowest BCUT2D eigenvalue weighted by Crippen LogP contribution is -2.52. The molecule has 0 spiro atoms. The lowest BCUT2D eigenvalue weighted by atomic mass is 10.0. The molecule has 2 aliphatic rings. The minimum absolute atomic E-state index is 0. The topological polar surface area (TPSA) is 75.7 Å². The standard InChI is InChI=1S/C21H26N2O4.CH4.2H2S/c1-4-14-5-7-15(8-6-14)20(25)22-16(11-13(2)3)21(26)23-10-9-18-19(23)17(24)12-27-18;;;/h4-8,13,16,18-19H,1,9-12H2,2-3H3,(H,22,25);1H4;2*1H2/t16-,18+,19+;;;/m0.../s1. The molecule has 0 bridgehead atoms. The Labute approximate surface area is 193 Å². The second-order valence-electron chi connectivity index (χ2n) is 7.56. The summed E-state index contributed by atoms with van der Waals surface area (Å²) in [5.74, 6) is -0.336. The fraction of sp³-hybridized carbons (Fsp3) is 0.500. The fourth-order valence-electron chi connectivity index (χ4n) is 3.75. The Hall–Kier alpha value is -1.77. The van der Waals surface area contributed by atoms with Crippen LogP contribution < -0.4 is 5.32 Å². The van der Waals surface area contributed by atoms with Gasteiger partial charge in [0.1, 0.15) is 18.7 Å². The third kappa shape index (κ3) is 6.12. The van der Waals surface area contributed by atoms with Crippen LogP contribution in [0.3, 0.4) is 0 Å². The van der Waals surface area contributed by atoms with E-state index in [-0.39, 0.29) is 70.6 Å². The molecule has 30 heavy (non-hydrogen) atoms. The van der Waals surface area contributed by atoms with E-state index in [1.54, 1.807) is 35.2 Å². The molecule has 2 aliphatic heterocycles. The highest BCUT2D eigenvalue weighted by atomic mass is 32.1. The smallest absolute Gasteiger partial charge is 0.251 e. The van der Waals surface area contributed by atoms with Crippen molar-refractivity contribution < 1.29 is 19.1 Å². The molecule has 1 aromatic carbocycles. The molecule has 1 aromatic rings. The summed E-state index contributed by atoms with van der Waals surface area (Å²) in [5, 5.41) is 2.87. The normalized spacial score (nSPS) is 20.4. The summed E-state index contributed by atoms with van der Waals surface area (Å²) in [6.45, 7) is 8.25. The molecular formula is C22H34N2O4S2. The predicted molar refractivity (Wildman–Crippen MR) is 130 cm³/mol. The van der Waals surface area contributed by atoms with Gasteiger partial charge in [0.25, 0.3) is 5.91 Å². The van der Waals surface area contributed by atoms with Gasteiger partial charge in [-0.1, -0.05) is 46.1 Å². The number of rotatable bonds is 6. The van der Waals surface area contributed by atoms with Gasteiger partial charge in [-0.3, -0.25) is 14.4 Å². The molecule has 2 amide bonds. The van der Waals surface area contributed by atoms with E-state index < -0.39 is 12.1 Å². The highest BCUT2D eigenvalue weighted by Crippen LogP contribution is 2.28. The van der Waals surface area contributed by atoms with Gasteiger partial charge in [-0.05, 0) is 36.5 Å². The minimum Gasteiger partial charge on any atom is -0.368 e. The molecule has 3 rings (SSSR count). The van der Waals surface area contributed by atoms with Gasteiger partial charge in [-0.15, -0.1) is 0 Å². The van der Waals surface area contributed by atoms with Crippen molar-refractivity contribution in [2.24, 2.45) is 5.92 Å². The van der Waals surface area contributed by atoms with Crippen molar-refractivity contribution >= 4 is 50.7 Å². The molecule has 6 nitrogen and oxygen atoms in total. The molecule has 2 saturated heterocycles. The second kappa shape index (κ2) is 12.2. The maximum atomic E-state index is 13.1. The molecule has 0 unspecified atom stereocenters. The van der Waals surface area contributed by atoms with Crippen LogP contribution in [0.2, 0.25) is 0 Å². The maximum absolute atomic E-state index is 13.1. The molecule has 1 N–H and O–H groups in total. The van der Waals surface area contributed by atoms with Crippen molar-refractivity contribution in [1.82, 2.24) is 10.2 Å². The number of ketones is 1. The lowest BCUT2D eigenvalue weighted by Gasteiger charge is -2.28. The molecule has 0 radical (unpaired) electrons. The Bertz CT molecular complexity index is 752. The molecule has 168 valence electrons. The first-order chi connectivity index (χ1) is 12.9. The van der Waals surface area contributed by atoms with E-state index in [2.05, 4.69) is 11.9 Å². The number of hydrogen-bond donors (Lipinski definition) is 1. The van der Waals surface area contributed by atoms with E-state index in [1.165, 1.54) is 0 Å². The molecular weight excluding hydrogens is 420 g/mol. The Kier molecular flexibility index (Phi) is 11.5. The van der Waals surface area contributed by atoms with Crippen molar-refractivity contribution in [3.63, 3.8) is 0 Å². The number of benzene rings is 1. The number of likely N-dealkylation sites (tertiary alicyclic amines) is 1. The van der Waals surface area contributed by atoms with Crippen LogP contribution in [0.5, 0.6) is 0 Å². The minimum atomic E-state index is -0.663. The maximum Gasteiger partial charge on any atom is 0.251 e. The van der Waals surface area contributed by atoms with Crippen LogP contribution in [0.15, 0.2) is 30.8 Å². The molecule has 0 aliphatic carbocycles. The van der Waals surface area contributed by atoms with Crippen molar-refractivity contribution in [2.45, 2.75) is 52.3 Å². The second-order valence-corrected chi connectivity index (χ2v) is 7.56. The summed E-state index contributed by atoms with van der Waals surface area (Å²) in [6, 6.07) is 5.87. The summed E-state index contributed by atoms with van der Waals surface area (Å²) in [7, 11) is 0. The van der Waals surface area contributed by atoms with Crippen LogP contribution in [-0.2, 0) is 14.3 Å². The van der Waals surface area contributed by atoms with Gasteiger partial charge in [0.15, 0.2) is 5.78 Å². The number of carbonyl (C=O) groups is 3. The molecule has 3 atom stereocenters. The van der Waals surface area contributed by atoms with E-state index in [1.807, 2.05) is 13.8 Å². The molecule has 0 saturated carbocycles. The number of carbonyl (C=O) groups excluding carboxylic acids is 3. The average molecular weight is 455 g/mol. The van der Waals surface area contributed by atoms with E-state index >= 15 is 0 Å². The number of nitrogens with zero attached hydrogens (tertiary/aromatic N) is 1. The van der Waals surface area contributed by atoms with E-state index in [0.29, 0.717) is 24.9 Å². The number of fused-ring (bicyclic) bond motifs is 1. The van der Waals surface area contributed by atoms with E-state index in [0.717, 1.165) is 5.56 Å². The number of Topliss-reactive ketones (excluding diaryl/α,β-unsaturated/α-hetero) is 1. The lowest BCUT2D eigenvalue weighted by molar-refractivity contribution is -0.138. The molecule has 0 aromatic heterocycles. The quantitative estimate of drug-likeness (QED) is 0.717. The number of hydrogen-bond acceptors (Lipinski definition) is 4. The van der Waals surface area contributed by atoms with Gasteiger partial charge in [0.2, 0.25) is 5.91 Å². The van der Waals surface area contributed by atoms with Crippen LogP contribution in [-0.4, -0.2) is 53.8 Å². The van der Waals surface area contributed by atoms with Crippen molar-refractivity contribution in [3.05, 3.63) is 42.0 Å². The Morgan fingerprint density at radius 1 is 1.27 bits per heavy atom. The van der Waals surface area contributed by atoms with Gasteiger partial charge in [-0.2, -0.15) is 27.0 Å². The van der Waals surface area contributed by atoms with E-state index in [9.17, 15) is 14.4 Å². The summed E-state index contributed by atoms with van der Waals surface area (Å²) in [5.41, 5.74) is 1.41. The van der Waals surface area contributed by atoms with E-state index in [4.69, 9.17) is 4.74 Å². The molecule has 2 heterocycles. The van der Waals surface area contributed by atoms with Crippen molar-refractivity contribution in [3.8, 4) is 0 Å². The summed E-state index contributed by atoms with van der Waals surface area (Å²) >= 11 is 0. The first-order valence-electron chi connectivity index (χ1n) is 9.39. The van der Waals surface area contributed by atoms with Crippen LogP contribution in [0.25, 0.3) is 6.08 Å². The van der Waals surface area contributed by atoms with Crippen LogP contribution >= 0.6 is 27.0 Å². The third-order valence-electron chi connectivity index (χ3n) is 5.11. The van der Waals surface area contributed by atoms with Gasteiger partial charge in [-0.25, -0.2) is 0 Å². The van der Waals surface area contributed by atoms with Gasteiger partial charge in [0.05, 0.1) is 6.10 Å². The van der Waals surface area contributed by atoms with Crippen molar-refractivity contribution in [2.75, 3.05) is 13.2 Å². The van der Waals surface area contributed by atoms with Gasteiger partial charge >= 0.3 is 0 Å². The summed E-state index contributed by atoms with van der Waals surface area (Å²) in [6.07, 6.45) is 2.67. The number of amides is 2. The monoisotopic (exact) mass is 454 g/mol. The van der Waals surface area contributed by atoms with Crippen LogP contribution in [0, 0.1) is 5.92 Å².